The Hall–Kier alpha value is -1.97. The monoisotopic (exact) mass is 359 g/mol. The summed E-state index contributed by atoms with van der Waals surface area (Å²) in [5.41, 5.74) is 3.05. The number of hydrogen-bond acceptors (Lipinski definition) is 2. The van der Waals surface area contributed by atoms with E-state index in [-0.39, 0.29) is 17.9 Å². The maximum atomic E-state index is 11.6. The summed E-state index contributed by atoms with van der Waals surface area (Å²) in [6.45, 7) is 0. The molecule has 0 unspecified atom stereocenters. The maximum Gasteiger partial charge on any atom is 0.336 e. The largest absolute Gasteiger partial charge is 0.478 e. The van der Waals surface area contributed by atoms with Crippen LogP contribution in [0.3, 0.4) is 0 Å². The van der Waals surface area contributed by atoms with Crippen molar-refractivity contribution >= 4 is 34.9 Å². The van der Waals surface area contributed by atoms with E-state index in [1.807, 2.05) is 18.2 Å². The molecule has 0 bridgehead atoms. The number of carbonyl (C=O) groups is 1. The van der Waals surface area contributed by atoms with Gasteiger partial charge in [0.15, 0.2) is 0 Å². The van der Waals surface area contributed by atoms with E-state index >= 15 is 0 Å². The van der Waals surface area contributed by atoms with Crippen molar-refractivity contribution in [2.24, 2.45) is 5.92 Å². The molecular formula is C19H15Cl2NO2. The van der Waals surface area contributed by atoms with Crippen LogP contribution in [0.15, 0.2) is 48.6 Å². The van der Waals surface area contributed by atoms with Crippen LogP contribution < -0.4 is 5.32 Å². The lowest BCUT2D eigenvalue weighted by atomic mass is 9.76. The normalized spacial score (nSPS) is 24.2. The quantitative estimate of drug-likeness (QED) is 0.694. The second kappa shape index (κ2) is 5.83. The van der Waals surface area contributed by atoms with Crippen molar-refractivity contribution in [2.45, 2.75) is 18.4 Å². The van der Waals surface area contributed by atoms with Gasteiger partial charge in [-0.2, -0.15) is 0 Å². The van der Waals surface area contributed by atoms with E-state index in [1.165, 1.54) is 0 Å². The summed E-state index contributed by atoms with van der Waals surface area (Å²) in [5, 5.41) is 14.2. The SMILES string of the molecule is O=C(O)c1ccccc1[C@@H]1Nc2c(Cl)cc(Cl)cc2[C@H]2C=CC[C@@H]21. The Labute approximate surface area is 149 Å². The Balaban J connectivity index is 1.86. The van der Waals surface area contributed by atoms with Gasteiger partial charge >= 0.3 is 5.97 Å². The van der Waals surface area contributed by atoms with Gasteiger partial charge in [-0.1, -0.05) is 53.6 Å². The predicted molar refractivity (Wildman–Crippen MR) is 96.2 cm³/mol. The molecule has 122 valence electrons. The fourth-order valence-electron chi connectivity index (χ4n) is 3.89. The summed E-state index contributed by atoms with van der Waals surface area (Å²) < 4.78 is 0. The molecule has 2 aliphatic rings. The van der Waals surface area contributed by atoms with Gasteiger partial charge in [-0.3, -0.25) is 0 Å². The van der Waals surface area contributed by atoms with Crippen LogP contribution in [0.25, 0.3) is 0 Å². The van der Waals surface area contributed by atoms with Crippen molar-refractivity contribution in [3.05, 3.63) is 75.3 Å². The first-order chi connectivity index (χ1) is 11.6. The highest BCUT2D eigenvalue weighted by molar-refractivity contribution is 6.36. The maximum absolute atomic E-state index is 11.6. The number of carboxylic acids is 1. The molecule has 1 heterocycles. The Kier molecular flexibility index (Phi) is 3.78. The van der Waals surface area contributed by atoms with E-state index in [0.29, 0.717) is 15.6 Å². The van der Waals surface area contributed by atoms with E-state index in [1.54, 1.807) is 18.2 Å². The van der Waals surface area contributed by atoms with Gasteiger partial charge in [0.25, 0.3) is 0 Å². The van der Waals surface area contributed by atoms with Crippen molar-refractivity contribution in [1.29, 1.82) is 0 Å². The molecule has 0 radical (unpaired) electrons. The molecule has 0 fully saturated rings. The zero-order valence-corrected chi connectivity index (χ0v) is 14.2. The molecule has 0 aromatic heterocycles. The summed E-state index contributed by atoms with van der Waals surface area (Å²) in [6.07, 6.45) is 5.21. The Bertz CT molecular complexity index is 862. The van der Waals surface area contributed by atoms with Crippen LogP contribution in [0.5, 0.6) is 0 Å². The minimum absolute atomic E-state index is 0.108. The van der Waals surface area contributed by atoms with Gasteiger partial charge in [0.2, 0.25) is 0 Å². The smallest absolute Gasteiger partial charge is 0.336 e. The molecule has 1 aliphatic carbocycles. The molecule has 2 aromatic carbocycles. The predicted octanol–water partition coefficient (Wildman–Crippen LogP) is 5.52. The van der Waals surface area contributed by atoms with Gasteiger partial charge in [-0.15, -0.1) is 0 Å². The van der Waals surface area contributed by atoms with Crippen LogP contribution in [0, 0.1) is 5.92 Å². The first-order valence-corrected chi connectivity index (χ1v) is 8.56. The van der Waals surface area contributed by atoms with E-state index in [9.17, 15) is 9.90 Å². The molecule has 5 heteroatoms. The molecule has 0 saturated carbocycles. The molecule has 2 N–H and O–H groups in total. The first-order valence-electron chi connectivity index (χ1n) is 7.80. The van der Waals surface area contributed by atoms with E-state index < -0.39 is 5.97 Å². The molecule has 1 aliphatic heterocycles. The number of allylic oxidation sites excluding steroid dienone is 2. The van der Waals surface area contributed by atoms with Gasteiger partial charge < -0.3 is 10.4 Å². The lowest BCUT2D eigenvalue weighted by Crippen LogP contribution is -2.30. The average molecular weight is 360 g/mol. The lowest BCUT2D eigenvalue weighted by Gasteiger charge is -2.38. The van der Waals surface area contributed by atoms with Crippen LogP contribution in [-0.4, -0.2) is 11.1 Å². The van der Waals surface area contributed by atoms with Crippen molar-refractivity contribution in [3.8, 4) is 0 Å². The number of hydrogen-bond donors (Lipinski definition) is 2. The third-order valence-electron chi connectivity index (χ3n) is 4.91. The van der Waals surface area contributed by atoms with Gasteiger partial charge in [-0.25, -0.2) is 4.79 Å². The van der Waals surface area contributed by atoms with Crippen molar-refractivity contribution in [3.63, 3.8) is 0 Å². The number of halogens is 2. The summed E-state index contributed by atoms with van der Waals surface area (Å²) >= 11 is 12.6. The van der Waals surface area contributed by atoms with Crippen molar-refractivity contribution < 1.29 is 9.90 Å². The highest BCUT2D eigenvalue weighted by atomic mass is 35.5. The second-order valence-electron chi connectivity index (χ2n) is 6.22. The molecule has 3 atom stereocenters. The minimum atomic E-state index is -0.914. The van der Waals surface area contributed by atoms with Crippen LogP contribution in [0.1, 0.15) is 39.9 Å². The lowest BCUT2D eigenvalue weighted by molar-refractivity contribution is 0.0694. The van der Waals surface area contributed by atoms with Gasteiger partial charge in [0, 0.05) is 10.9 Å². The molecule has 3 nitrogen and oxygen atoms in total. The van der Waals surface area contributed by atoms with Crippen LogP contribution in [-0.2, 0) is 0 Å². The number of carboxylic acid groups (broad SMARTS) is 1. The molecule has 24 heavy (non-hydrogen) atoms. The molecular weight excluding hydrogens is 345 g/mol. The Morgan fingerprint density at radius 3 is 2.75 bits per heavy atom. The molecule has 4 rings (SSSR count). The van der Waals surface area contributed by atoms with Gasteiger partial charge in [0.1, 0.15) is 0 Å². The third-order valence-corrected chi connectivity index (χ3v) is 5.43. The zero-order valence-electron chi connectivity index (χ0n) is 12.7. The molecule has 2 aromatic rings. The topological polar surface area (TPSA) is 49.3 Å². The fourth-order valence-corrected chi connectivity index (χ4v) is 4.46. The molecule has 0 amide bonds. The third kappa shape index (κ3) is 2.40. The highest BCUT2D eigenvalue weighted by Crippen LogP contribution is 2.52. The van der Waals surface area contributed by atoms with Crippen LogP contribution in [0.4, 0.5) is 5.69 Å². The second-order valence-corrected chi connectivity index (χ2v) is 7.06. The van der Waals surface area contributed by atoms with E-state index in [2.05, 4.69) is 17.5 Å². The minimum Gasteiger partial charge on any atom is -0.478 e. The van der Waals surface area contributed by atoms with Crippen molar-refractivity contribution in [1.82, 2.24) is 0 Å². The highest BCUT2D eigenvalue weighted by Gasteiger charge is 2.40. The molecule has 0 saturated heterocycles. The number of benzene rings is 2. The first kappa shape index (κ1) is 15.6. The Morgan fingerprint density at radius 2 is 1.96 bits per heavy atom. The number of fused-ring (bicyclic) bond motifs is 3. The summed E-state index contributed by atoms with van der Waals surface area (Å²) in [5.74, 6) is -0.486. The average Bonchev–Trinajstić information content (AvgIpc) is 3.04. The number of nitrogens with one attached hydrogen (secondary N) is 1. The zero-order chi connectivity index (χ0) is 16.8. The summed E-state index contributed by atoms with van der Waals surface area (Å²) in [4.78, 5) is 11.6. The van der Waals surface area contributed by atoms with Gasteiger partial charge in [-0.05, 0) is 41.7 Å². The summed E-state index contributed by atoms with van der Waals surface area (Å²) in [7, 11) is 0. The van der Waals surface area contributed by atoms with Gasteiger partial charge in [0.05, 0.1) is 22.3 Å². The molecule has 0 spiro atoms. The van der Waals surface area contributed by atoms with E-state index in [0.717, 1.165) is 23.2 Å². The van der Waals surface area contributed by atoms with Crippen molar-refractivity contribution in [2.75, 3.05) is 5.32 Å². The van der Waals surface area contributed by atoms with Crippen LogP contribution >= 0.6 is 23.2 Å². The summed E-state index contributed by atoms with van der Waals surface area (Å²) in [6, 6.07) is 10.7. The van der Waals surface area contributed by atoms with Crippen LogP contribution in [0.2, 0.25) is 10.0 Å². The fraction of sp³-hybridized carbons (Fsp3) is 0.211. The van der Waals surface area contributed by atoms with E-state index in [4.69, 9.17) is 23.2 Å². The standard InChI is InChI=1S/C19H15Cl2NO2/c20-10-8-15-11-6-3-7-12(11)17(22-18(15)16(21)9-10)13-4-1-2-5-14(13)19(23)24/h1-6,8-9,11-12,17,22H,7H2,(H,23,24)/t11-,12-,17+/m0/s1. The number of anilines is 1. The Morgan fingerprint density at radius 1 is 1.17 bits per heavy atom. The number of aromatic carboxylic acids is 1. The number of rotatable bonds is 2.